The first-order valence-corrected chi connectivity index (χ1v) is 6.04. The van der Waals surface area contributed by atoms with Gasteiger partial charge in [-0.25, -0.2) is 0 Å². The van der Waals surface area contributed by atoms with E-state index < -0.39 is 12.1 Å². The van der Waals surface area contributed by atoms with E-state index >= 15 is 0 Å². The SMILES string of the molecule is ON=C1CCN(Cc2ccccc2)CC1C(F)(F)F. The van der Waals surface area contributed by atoms with Crippen molar-refractivity contribution in [3.63, 3.8) is 0 Å². The minimum Gasteiger partial charge on any atom is -0.411 e. The predicted molar refractivity (Wildman–Crippen MR) is 65.1 cm³/mol. The molecule has 3 nitrogen and oxygen atoms in total. The van der Waals surface area contributed by atoms with Crippen molar-refractivity contribution in [2.75, 3.05) is 13.1 Å². The van der Waals surface area contributed by atoms with E-state index in [4.69, 9.17) is 5.21 Å². The van der Waals surface area contributed by atoms with Crippen molar-refractivity contribution >= 4 is 5.71 Å². The first-order chi connectivity index (χ1) is 9.00. The molecule has 6 heteroatoms. The Kier molecular flexibility index (Phi) is 4.09. The first kappa shape index (κ1) is 13.9. The Labute approximate surface area is 109 Å². The minimum absolute atomic E-state index is 0.146. The number of benzene rings is 1. The van der Waals surface area contributed by atoms with Gasteiger partial charge in [0, 0.05) is 26.1 Å². The summed E-state index contributed by atoms with van der Waals surface area (Å²) in [4.78, 5) is 1.74. The zero-order valence-corrected chi connectivity index (χ0v) is 10.3. The molecule has 104 valence electrons. The predicted octanol–water partition coefficient (Wildman–Crippen LogP) is 2.90. The van der Waals surface area contributed by atoms with Gasteiger partial charge in [0.2, 0.25) is 0 Å². The number of piperidine rings is 1. The molecule has 0 radical (unpaired) electrons. The quantitative estimate of drug-likeness (QED) is 0.663. The fraction of sp³-hybridized carbons (Fsp3) is 0.462. The molecular weight excluding hydrogens is 257 g/mol. The molecule has 1 aromatic carbocycles. The van der Waals surface area contributed by atoms with Gasteiger partial charge in [-0.1, -0.05) is 35.5 Å². The van der Waals surface area contributed by atoms with E-state index in [1.165, 1.54) is 0 Å². The molecule has 1 heterocycles. The van der Waals surface area contributed by atoms with Crippen LogP contribution in [0.2, 0.25) is 0 Å². The van der Waals surface area contributed by atoms with Gasteiger partial charge in [0.25, 0.3) is 0 Å². The summed E-state index contributed by atoms with van der Waals surface area (Å²) in [6.45, 7) is 0.796. The Morgan fingerprint density at radius 3 is 2.53 bits per heavy atom. The molecule has 0 aliphatic carbocycles. The molecule has 2 rings (SSSR count). The third-order valence-corrected chi connectivity index (χ3v) is 3.30. The van der Waals surface area contributed by atoms with E-state index in [0.717, 1.165) is 5.56 Å². The lowest BCUT2D eigenvalue weighted by Gasteiger charge is -2.34. The van der Waals surface area contributed by atoms with Gasteiger partial charge in [0.15, 0.2) is 0 Å². The van der Waals surface area contributed by atoms with Crippen molar-refractivity contribution in [1.82, 2.24) is 4.90 Å². The highest BCUT2D eigenvalue weighted by atomic mass is 19.4. The highest BCUT2D eigenvalue weighted by Crippen LogP contribution is 2.32. The molecule has 19 heavy (non-hydrogen) atoms. The van der Waals surface area contributed by atoms with Crippen LogP contribution in [0.25, 0.3) is 0 Å². The Bertz CT molecular complexity index is 445. The van der Waals surface area contributed by atoms with Crippen LogP contribution in [0.15, 0.2) is 35.5 Å². The van der Waals surface area contributed by atoms with Crippen molar-refractivity contribution in [2.45, 2.75) is 19.1 Å². The molecule has 1 unspecified atom stereocenters. The van der Waals surface area contributed by atoms with Gasteiger partial charge in [0.1, 0.15) is 5.92 Å². The maximum Gasteiger partial charge on any atom is 0.398 e. The average molecular weight is 272 g/mol. The zero-order valence-electron chi connectivity index (χ0n) is 10.3. The van der Waals surface area contributed by atoms with Gasteiger partial charge in [-0.05, 0) is 5.56 Å². The fourth-order valence-corrected chi connectivity index (χ4v) is 2.30. The van der Waals surface area contributed by atoms with E-state index in [2.05, 4.69) is 5.16 Å². The van der Waals surface area contributed by atoms with E-state index in [1.54, 1.807) is 4.90 Å². The molecule has 0 aromatic heterocycles. The second-order valence-corrected chi connectivity index (χ2v) is 4.66. The molecule has 0 amide bonds. The zero-order chi connectivity index (χ0) is 13.9. The average Bonchev–Trinajstić information content (AvgIpc) is 2.39. The molecule has 1 aliphatic heterocycles. The summed E-state index contributed by atoms with van der Waals surface area (Å²) in [6, 6.07) is 9.37. The number of alkyl halides is 3. The minimum atomic E-state index is -4.36. The standard InChI is InChI=1S/C13H15F3N2O/c14-13(15,16)11-9-18(7-6-12(11)17-19)8-10-4-2-1-3-5-10/h1-5,11,19H,6-9H2. The van der Waals surface area contributed by atoms with Gasteiger partial charge >= 0.3 is 6.18 Å². The molecule has 0 saturated carbocycles. The smallest absolute Gasteiger partial charge is 0.398 e. The van der Waals surface area contributed by atoms with Gasteiger partial charge < -0.3 is 5.21 Å². The number of oxime groups is 1. The third kappa shape index (κ3) is 3.47. The number of hydrogen-bond donors (Lipinski definition) is 1. The van der Waals surface area contributed by atoms with Crippen LogP contribution >= 0.6 is 0 Å². The van der Waals surface area contributed by atoms with E-state index in [9.17, 15) is 13.2 Å². The Morgan fingerprint density at radius 2 is 1.95 bits per heavy atom. The van der Waals surface area contributed by atoms with Gasteiger partial charge in [0.05, 0.1) is 5.71 Å². The summed E-state index contributed by atoms with van der Waals surface area (Å²) in [6.07, 6.45) is -4.22. The van der Waals surface area contributed by atoms with Crippen LogP contribution in [-0.4, -0.2) is 35.1 Å². The Morgan fingerprint density at radius 1 is 1.26 bits per heavy atom. The second-order valence-electron chi connectivity index (χ2n) is 4.66. The van der Waals surface area contributed by atoms with Crippen LogP contribution in [0.3, 0.4) is 0 Å². The Hall–Kier alpha value is -1.56. The number of nitrogens with zero attached hydrogens (tertiary/aromatic N) is 2. The molecule has 1 N–H and O–H groups in total. The first-order valence-electron chi connectivity index (χ1n) is 6.04. The van der Waals surface area contributed by atoms with Crippen molar-refractivity contribution in [1.29, 1.82) is 0 Å². The van der Waals surface area contributed by atoms with Crippen molar-refractivity contribution in [2.24, 2.45) is 11.1 Å². The molecular formula is C13H15F3N2O. The molecule has 1 atom stereocenters. The fourth-order valence-electron chi connectivity index (χ4n) is 2.30. The van der Waals surface area contributed by atoms with Crippen molar-refractivity contribution in [3.8, 4) is 0 Å². The molecule has 1 aliphatic rings. The van der Waals surface area contributed by atoms with Crippen LogP contribution in [0.1, 0.15) is 12.0 Å². The lowest BCUT2D eigenvalue weighted by atomic mass is 9.94. The van der Waals surface area contributed by atoms with Crippen LogP contribution in [0, 0.1) is 5.92 Å². The Balaban J connectivity index is 2.06. The lowest BCUT2D eigenvalue weighted by Crippen LogP contribution is -2.46. The highest BCUT2D eigenvalue weighted by Gasteiger charge is 2.46. The van der Waals surface area contributed by atoms with Crippen molar-refractivity contribution in [3.05, 3.63) is 35.9 Å². The van der Waals surface area contributed by atoms with Crippen molar-refractivity contribution < 1.29 is 18.4 Å². The largest absolute Gasteiger partial charge is 0.411 e. The molecule has 0 spiro atoms. The van der Waals surface area contributed by atoms with E-state index in [0.29, 0.717) is 13.1 Å². The summed E-state index contributed by atoms with van der Waals surface area (Å²) < 4.78 is 38.6. The van der Waals surface area contributed by atoms with Gasteiger partial charge in [-0.15, -0.1) is 0 Å². The van der Waals surface area contributed by atoms with E-state index in [-0.39, 0.29) is 18.7 Å². The van der Waals surface area contributed by atoms with Crippen LogP contribution in [0.5, 0.6) is 0 Å². The van der Waals surface area contributed by atoms with Gasteiger partial charge in [-0.2, -0.15) is 13.2 Å². The summed E-state index contributed by atoms with van der Waals surface area (Å²) in [5, 5.41) is 11.5. The summed E-state index contributed by atoms with van der Waals surface area (Å²) in [5.41, 5.74) is 0.810. The number of rotatable bonds is 2. The van der Waals surface area contributed by atoms with Gasteiger partial charge in [-0.3, -0.25) is 4.90 Å². The maximum absolute atomic E-state index is 12.9. The topological polar surface area (TPSA) is 35.8 Å². The summed E-state index contributed by atoms with van der Waals surface area (Å²) in [5.74, 6) is -1.67. The summed E-state index contributed by atoms with van der Waals surface area (Å²) in [7, 11) is 0. The number of halogens is 3. The third-order valence-electron chi connectivity index (χ3n) is 3.30. The van der Waals surface area contributed by atoms with E-state index in [1.807, 2.05) is 30.3 Å². The normalized spacial score (nSPS) is 23.7. The molecule has 1 aromatic rings. The highest BCUT2D eigenvalue weighted by molar-refractivity contribution is 5.88. The number of likely N-dealkylation sites (tertiary alicyclic amines) is 1. The molecule has 1 fully saturated rings. The van der Waals surface area contributed by atoms with Crippen LogP contribution in [-0.2, 0) is 6.54 Å². The van der Waals surface area contributed by atoms with Crippen LogP contribution in [0.4, 0.5) is 13.2 Å². The number of hydrogen-bond acceptors (Lipinski definition) is 3. The second kappa shape index (κ2) is 5.61. The monoisotopic (exact) mass is 272 g/mol. The lowest BCUT2D eigenvalue weighted by molar-refractivity contribution is -0.163. The summed E-state index contributed by atoms with van der Waals surface area (Å²) >= 11 is 0. The maximum atomic E-state index is 12.9. The van der Waals surface area contributed by atoms with Crippen LogP contribution < -0.4 is 0 Å². The molecule has 0 bridgehead atoms. The molecule has 1 saturated heterocycles.